The van der Waals surface area contributed by atoms with Gasteiger partial charge in [0.2, 0.25) is 0 Å². The molecule has 0 saturated carbocycles. The molecule has 0 unspecified atom stereocenters. The highest BCUT2D eigenvalue weighted by Gasteiger charge is 2.28. The van der Waals surface area contributed by atoms with Crippen LogP contribution in [0.25, 0.3) is 0 Å². The Labute approximate surface area is 155 Å². The van der Waals surface area contributed by atoms with Crippen LogP contribution in [0.2, 0.25) is 0 Å². The Balaban J connectivity index is 0.00000264. The van der Waals surface area contributed by atoms with Crippen molar-refractivity contribution in [1.82, 2.24) is 10.2 Å². The van der Waals surface area contributed by atoms with Crippen molar-refractivity contribution in [2.45, 2.75) is 32.7 Å². The third-order valence-corrected chi connectivity index (χ3v) is 4.16. The van der Waals surface area contributed by atoms with Gasteiger partial charge in [-0.05, 0) is 30.9 Å². The van der Waals surface area contributed by atoms with Crippen LogP contribution >= 0.6 is 24.8 Å². The average Bonchev–Trinajstić information content (AvgIpc) is 2.48. The highest BCUT2D eigenvalue weighted by atomic mass is 35.5. The molecular weight excluding hydrogens is 356 g/mol. The predicted octanol–water partition coefficient (Wildman–Crippen LogP) is 3.96. The first-order valence-electron chi connectivity index (χ1n) is 7.87. The molecule has 24 heavy (non-hydrogen) atoms. The molecule has 2 rings (SSSR count). The molecule has 0 aromatic heterocycles. The first kappa shape index (κ1) is 23.1. The summed E-state index contributed by atoms with van der Waals surface area (Å²) in [6.45, 7) is 7.65. The van der Waals surface area contributed by atoms with Gasteiger partial charge in [0.25, 0.3) is 5.69 Å². The first-order valence-corrected chi connectivity index (χ1v) is 7.87. The summed E-state index contributed by atoms with van der Waals surface area (Å²) in [6, 6.07) is 3.69. The summed E-state index contributed by atoms with van der Waals surface area (Å²) in [5, 5.41) is 14.6. The van der Waals surface area contributed by atoms with E-state index in [9.17, 15) is 14.5 Å². The molecule has 1 fully saturated rings. The Hall–Kier alpha value is -0.950. The molecule has 1 saturated heterocycles. The summed E-state index contributed by atoms with van der Waals surface area (Å²) in [5.74, 6) is 0.100. The zero-order chi connectivity index (χ0) is 16.1. The Kier molecular flexibility index (Phi) is 10.4. The SMILES string of the molecule is CC(C)CC[C@H](c1cc(F)ccc1[N+](=O)[O-])N1CCNCC1.Cl.Cl. The molecule has 1 atom stereocenters. The minimum atomic E-state index is -0.412. The van der Waals surface area contributed by atoms with E-state index in [1.807, 2.05) is 0 Å². The molecule has 1 N–H and O–H groups in total. The van der Waals surface area contributed by atoms with Gasteiger partial charge in [0.05, 0.1) is 4.92 Å². The van der Waals surface area contributed by atoms with Crippen LogP contribution in [0.4, 0.5) is 10.1 Å². The van der Waals surface area contributed by atoms with Gasteiger partial charge in [0.1, 0.15) is 5.82 Å². The van der Waals surface area contributed by atoms with Crippen LogP contribution in [0.15, 0.2) is 18.2 Å². The van der Waals surface area contributed by atoms with Crippen molar-refractivity contribution >= 4 is 30.5 Å². The van der Waals surface area contributed by atoms with Crippen molar-refractivity contribution in [2.24, 2.45) is 5.92 Å². The molecule has 0 radical (unpaired) electrons. The van der Waals surface area contributed by atoms with Gasteiger partial charge in [-0.3, -0.25) is 15.0 Å². The van der Waals surface area contributed by atoms with E-state index in [1.54, 1.807) is 0 Å². The smallest absolute Gasteiger partial charge is 0.274 e. The van der Waals surface area contributed by atoms with Crippen molar-refractivity contribution in [1.29, 1.82) is 0 Å². The number of nitrogens with one attached hydrogen (secondary N) is 1. The number of nitrogens with zero attached hydrogens (tertiary/aromatic N) is 2. The number of nitro benzene ring substituents is 1. The third-order valence-electron chi connectivity index (χ3n) is 4.16. The number of nitro groups is 1. The summed E-state index contributed by atoms with van der Waals surface area (Å²) < 4.78 is 13.7. The standard InChI is InChI=1S/C16H24FN3O2.2ClH/c1-12(2)3-5-15(19-9-7-18-8-10-19)14-11-13(17)4-6-16(14)20(21)22;;/h4,6,11-12,15,18H,3,5,7-10H2,1-2H3;2*1H/t15-;;/m1../s1. The van der Waals surface area contributed by atoms with Gasteiger partial charge in [-0.1, -0.05) is 13.8 Å². The van der Waals surface area contributed by atoms with Gasteiger partial charge in [-0.2, -0.15) is 0 Å². The predicted molar refractivity (Wildman–Crippen MR) is 98.8 cm³/mol. The minimum absolute atomic E-state index is 0. The Morgan fingerprint density at radius 1 is 1.25 bits per heavy atom. The van der Waals surface area contributed by atoms with Gasteiger partial charge in [-0.15, -0.1) is 24.8 Å². The van der Waals surface area contributed by atoms with Crippen molar-refractivity contribution < 1.29 is 9.31 Å². The quantitative estimate of drug-likeness (QED) is 0.598. The fraction of sp³-hybridized carbons (Fsp3) is 0.625. The molecule has 0 bridgehead atoms. The number of benzene rings is 1. The van der Waals surface area contributed by atoms with Crippen LogP contribution in [0.3, 0.4) is 0 Å². The van der Waals surface area contributed by atoms with Crippen molar-refractivity contribution in [3.63, 3.8) is 0 Å². The van der Waals surface area contributed by atoms with E-state index in [4.69, 9.17) is 0 Å². The topological polar surface area (TPSA) is 58.4 Å². The summed E-state index contributed by atoms with van der Waals surface area (Å²) in [7, 11) is 0. The van der Waals surface area contributed by atoms with Crippen LogP contribution in [-0.2, 0) is 0 Å². The zero-order valence-corrected chi connectivity index (χ0v) is 15.7. The summed E-state index contributed by atoms with van der Waals surface area (Å²) in [4.78, 5) is 13.1. The Morgan fingerprint density at radius 2 is 1.88 bits per heavy atom. The average molecular weight is 382 g/mol. The molecule has 5 nitrogen and oxygen atoms in total. The largest absolute Gasteiger partial charge is 0.314 e. The lowest BCUT2D eigenvalue weighted by Crippen LogP contribution is -2.45. The second-order valence-electron chi connectivity index (χ2n) is 6.23. The Morgan fingerprint density at radius 3 is 2.42 bits per heavy atom. The summed E-state index contributed by atoms with van der Waals surface area (Å²) in [5.41, 5.74) is 0.529. The van der Waals surface area contributed by atoms with Gasteiger partial charge in [-0.25, -0.2) is 4.39 Å². The normalized spacial score (nSPS) is 16.2. The second-order valence-corrected chi connectivity index (χ2v) is 6.23. The van der Waals surface area contributed by atoms with Crippen LogP contribution in [0.5, 0.6) is 0 Å². The van der Waals surface area contributed by atoms with Gasteiger partial charge < -0.3 is 5.32 Å². The molecule has 1 heterocycles. The maximum atomic E-state index is 13.7. The summed E-state index contributed by atoms with van der Waals surface area (Å²) in [6.07, 6.45) is 1.77. The maximum Gasteiger partial charge on any atom is 0.274 e. The van der Waals surface area contributed by atoms with Crippen LogP contribution in [0.1, 0.15) is 38.3 Å². The van der Waals surface area contributed by atoms with Crippen LogP contribution < -0.4 is 5.32 Å². The molecule has 0 amide bonds. The van der Waals surface area contributed by atoms with E-state index in [2.05, 4.69) is 24.1 Å². The molecule has 1 aromatic carbocycles. The number of halogens is 3. The van der Waals surface area contributed by atoms with Crippen LogP contribution in [-0.4, -0.2) is 36.0 Å². The third kappa shape index (κ3) is 6.16. The van der Waals surface area contributed by atoms with Gasteiger partial charge in [0.15, 0.2) is 0 Å². The van der Waals surface area contributed by atoms with E-state index in [-0.39, 0.29) is 36.5 Å². The lowest BCUT2D eigenvalue weighted by molar-refractivity contribution is -0.386. The molecule has 0 spiro atoms. The molecule has 8 heteroatoms. The van der Waals surface area contributed by atoms with Crippen molar-refractivity contribution in [3.05, 3.63) is 39.7 Å². The summed E-state index contributed by atoms with van der Waals surface area (Å²) >= 11 is 0. The lowest BCUT2D eigenvalue weighted by atomic mass is 9.94. The van der Waals surface area contributed by atoms with Gasteiger partial charge in [0, 0.05) is 43.9 Å². The highest BCUT2D eigenvalue weighted by Crippen LogP contribution is 2.34. The van der Waals surface area contributed by atoms with Gasteiger partial charge >= 0.3 is 0 Å². The lowest BCUT2D eigenvalue weighted by Gasteiger charge is -2.35. The number of rotatable bonds is 6. The number of piperazine rings is 1. The monoisotopic (exact) mass is 381 g/mol. The Bertz CT molecular complexity index is 526. The van der Waals surface area contributed by atoms with E-state index < -0.39 is 10.7 Å². The van der Waals surface area contributed by atoms with Crippen molar-refractivity contribution in [2.75, 3.05) is 26.2 Å². The fourth-order valence-corrected chi connectivity index (χ4v) is 2.98. The van der Waals surface area contributed by atoms with E-state index in [0.717, 1.165) is 39.0 Å². The second kappa shape index (κ2) is 10.8. The molecule has 138 valence electrons. The fourth-order valence-electron chi connectivity index (χ4n) is 2.98. The minimum Gasteiger partial charge on any atom is -0.314 e. The van der Waals surface area contributed by atoms with E-state index in [1.165, 1.54) is 18.2 Å². The zero-order valence-electron chi connectivity index (χ0n) is 14.0. The van der Waals surface area contributed by atoms with Crippen LogP contribution in [0, 0.1) is 21.8 Å². The van der Waals surface area contributed by atoms with E-state index in [0.29, 0.717) is 11.5 Å². The molecular formula is C16H26Cl2FN3O2. The number of hydrogen-bond acceptors (Lipinski definition) is 4. The molecule has 1 aromatic rings. The molecule has 1 aliphatic rings. The van der Waals surface area contributed by atoms with E-state index >= 15 is 0 Å². The van der Waals surface area contributed by atoms with Crippen molar-refractivity contribution in [3.8, 4) is 0 Å². The number of hydrogen-bond donors (Lipinski definition) is 1. The maximum absolute atomic E-state index is 13.7. The molecule has 1 aliphatic heterocycles. The molecule has 0 aliphatic carbocycles. The highest BCUT2D eigenvalue weighted by molar-refractivity contribution is 5.85. The first-order chi connectivity index (χ1) is 10.5.